The van der Waals surface area contributed by atoms with Gasteiger partial charge in [0.15, 0.2) is 0 Å². The molecular weight excluding hydrogens is 418 g/mol. The van der Waals surface area contributed by atoms with E-state index in [1.807, 2.05) is 30.3 Å². The summed E-state index contributed by atoms with van der Waals surface area (Å²) in [5.74, 6) is 0.132. The van der Waals surface area contributed by atoms with Crippen LogP contribution in [-0.2, 0) is 9.47 Å². The predicted molar refractivity (Wildman–Crippen MR) is 126 cm³/mol. The Bertz CT molecular complexity index is 1160. The fourth-order valence-electron chi connectivity index (χ4n) is 4.07. The molecule has 6 heteroatoms. The number of hydrogen-bond donors (Lipinski definition) is 1. The van der Waals surface area contributed by atoms with Gasteiger partial charge in [0.1, 0.15) is 12.4 Å². The van der Waals surface area contributed by atoms with Crippen LogP contribution in [0, 0.1) is 0 Å². The topological polar surface area (TPSA) is 73.9 Å². The fourth-order valence-corrected chi connectivity index (χ4v) is 4.07. The molecule has 0 spiro atoms. The minimum atomic E-state index is -0.477. The van der Waals surface area contributed by atoms with Crippen molar-refractivity contribution in [2.45, 2.75) is 5.92 Å². The molecule has 0 aliphatic heterocycles. The lowest BCUT2D eigenvalue weighted by Gasteiger charge is -2.14. The van der Waals surface area contributed by atoms with Gasteiger partial charge in [0.25, 0.3) is 0 Å². The van der Waals surface area contributed by atoms with Crippen LogP contribution in [0.25, 0.3) is 17.2 Å². The Hall–Kier alpha value is -4.06. The molecule has 1 amide bonds. The summed E-state index contributed by atoms with van der Waals surface area (Å²) >= 11 is 0. The van der Waals surface area contributed by atoms with Gasteiger partial charge < -0.3 is 19.5 Å². The van der Waals surface area contributed by atoms with E-state index in [4.69, 9.17) is 14.2 Å². The molecule has 0 saturated carbocycles. The van der Waals surface area contributed by atoms with Crippen molar-refractivity contribution in [3.63, 3.8) is 0 Å². The maximum atomic E-state index is 12.3. The zero-order chi connectivity index (χ0) is 23.2. The van der Waals surface area contributed by atoms with Crippen molar-refractivity contribution in [2.75, 3.05) is 27.4 Å². The third-order valence-electron chi connectivity index (χ3n) is 5.66. The molecule has 6 nitrogen and oxygen atoms in total. The van der Waals surface area contributed by atoms with Crippen LogP contribution in [0.5, 0.6) is 5.75 Å². The highest BCUT2D eigenvalue weighted by Crippen LogP contribution is 2.44. The Kier molecular flexibility index (Phi) is 6.74. The number of methoxy groups -OCH3 is 2. The molecule has 1 aliphatic rings. The monoisotopic (exact) mass is 443 g/mol. The molecule has 1 N–H and O–H groups in total. The van der Waals surface area contributed by atoms with Crippen LogP contribution >= 0.6 is 0 Å². The molecule has 168 valence electrons. The van der Waals surface area contributed by atoms with Gasteiger partial charge in [-0.2, -0.15) is 0 Å². The number of ether oxygens (including phenoxy) is 3. The number of amides is 1. The van der Waals surface area contributed by atoms with E-state index >= 15 is 0 Å². The van der Waals surface area contributed by atoms with Crippen LogP contribution < -0.4 is 10.1 Å². The van der Waals surface area contributed by atoms with Crippen molar-refractivity contribution < 1.29 is 23.8 Å². The lowest BCUT2D eigenvalue weighted by Crippen LogP contribution is -2.26. The van der Waals surface area contributed by atoms with Crippen molar-refractivity contribution in [3.05, 3.63) is 95.1 Å². The second kappa shape index (κ2) is 10.0. The summed E-state index contributed by atoms with van der Waals surface area (Å²) in [4.78, 5) is 23.9. The minimum absolute atomic E-state index is 0.0243. The van der Waals surface area contributed by atoms with Crippen LogP contribution in [0.1, 0.15) is 33.0 Å². The molecule has 0 fully saturated rings. The van der Waals surface area contributed by atoms with Gasteiger partial charge in [-0.3, -0.25) is 0 Å². The van der Waals surface area contributed by atoms with Crippen molar-refractivity contribution >= 4 is 18.1 Å². The number of esters is 1. The third kappa shape index (κ3) is 4.75. The maximum Gasteiger partial charge on any atom is 0.407 e. The summed E-state index contributed by atoms with van der Waals surface area (Å²) in [7, 11) is 2.86. The first-order valence-electron chi connectivity index (χ1n) is 10.6. The predicted octanol–water partition coefficient (Wildman–Crippen LogP) is 5.03. The van der Waals surface area contributed by atoms with Gasteiger partial charge >= 0.3 is 12.1 Å². The Morgan fingerprint density at radius 1 is 0.939 bits per heavy atom. The summed E-state index contributed by atoms with van der Waals surface area (Å²) in [5, 5.41) is 2.74. The average molecular weight is 443 g/mol. The lowest BCUT2D eigenvalue weighted by atomic mass is 9.98. The number of fused-ring (bicyclic) bond motifs is 3. The number of benzene rings is 3. The molecule has 33 heavy (non-hydrogen) atoms. The molecule has 1 aliphatic carbocycles. The van der Waals surface area contributed by atoms with E-state index in [9.17, 15) is 9.59 Å². The van der Waals surface area contributed by atoms with Gasteiger partial charge in [0.05, 0.1) is 19.8 Å². The SMILES string of the molecule is COC(=O)c1ccc(C=CCNC(=O)OCC2c3ccccc3-c3ccccc32)c(OC)c1. The fraction of sp³-hybridized carbons (Fsp3) is 0.185. The molecule has 0 radical (unpaired) electrons. The number of carbonyl (C=O) groups is 2. The van der Waals surface area contributed by atoms with Gasteiger partial charge in [-0.1, -0.05) is 66.7 Å². The molecule has 0 aromatic heterocycles. The summed E-state index contributed by atoms with van der Waals surface area (Å²) in [6, 6.07) is 21.5. The van der Waals surface area contributed by atoms with E-state index in [-0.39, 0.29) is 12.5 Å². The van der Waals surface area contributed by atoms with Crippen molar-refractivity contribution in [1.29, 1.82) is 0 Å². The third-order valence-corrected chi connectivity index (χ3v) is 5.66. The zero-order valence-corrected chi connectivity index (χ0v) is 18.5. The Morgan fingerprint density at radius 3 is 2.24 bits per heavy atom. The van der Waals surface area contributed by atoms with E-state index in [1.54, 1.807) is 24.3 Å². The highest BCUT2D eigenvalue weighted by molar-refractivity contribution is 5.90. The molecule has 3 aromatic rings. The van der Waals surface area contributed by atoms with Crippen LogP contribution in [0.3, 0.4) is 0 Å². The molecule has 0 atom stereocenters. The van der Waals surface area contributed by atoms with E-state index in [1.165, 1.54) is 36.5 Å². The standard InChI is InChI=1S/C27H25NO5/c1-31-25-16-19(26(29)32-2)14-13-18(25)8-7-15-28-27(30)33-17-24-22-11-5-3-9-20(22)21-10-4-6-12-23(21)24/h3-14,16,24H,15,17H2,1-2H3,(H,28,30). The molecular formula is C27H25NO5. The van der Waals surface area contributed by atoms with E-state index in [0.717, 1.165) is 5.56 Å². The number of nitrogens with one attached hydrogen (secondary N) is 1. The van der Waals surface area contributed by atoms with E-state index in [2.05, 4.69) is 29.6 Å². The highest BCUT2D eigenvalue weighted by Gasteiger charge is 2.28. The van der Waals surface area contributed by atoms with Crippen molar-refractivity contribution in [3.8, 4) is 16.9 Å². The van der Waals surface area contributed by atoms with Crippen molar-refractivity contribution in [2.24, 2.45) is 0 Å². The first kappa shape index (κ1) is 22.1. The summed E-state index contributed by atoms with van der Waals surface area (Å²) in [5.41, 5.74) is 5.92. The Morgan fingerprint density at radius 2 is 1.61 bits per heavy atom. The van der Waals surface area contributed by atoms with E-state index in [0.29, 0.717) is 17.9 Å². The highest BCUT2D eigenvalue weighted by atomic mass is 16.5. The lowest BCUT2D eigenvalue weighted by molar-refractivity contribution is 0.0600. The van der Waals surface area contributed by atoms with Gasteiger partial charge in [-0.05, 0) is 34.4 Å². The molecule has 3 aromatic carbocycles. The number of hydrogen-bond acceptors (Lipinski definition) is 5. The zero-order valence-electron chi connectivity index (χ0n) is 18.5. The molecule has 0 saturated heterocycles. The van der Waals surface area contributed by atoms with Crippen LogP contribution in [-0.4, -0.2) is 39.4 Å². The van der Waals surface area contributed by atoms with Crippen LogP contribution in [0.15, 0.2) is 72.8 Å². The molecule has 4 rings (SSSR count). The second-order valence-corrected chi connectivity index (χ2v) is 7.56. The number of carbonyl (C=O) groups excluding carboxylic acids is 2. The van der Waals surface area contributed by atoms with Gasteiger partial charge in [0, 0.05) is 18.0 Å². The Balaban J connectivity index is 1.33. The van der Waals surface area contributed by atoms with Gasteiger partial charge in [0.2, 0.25) is 0 Å². The smallest absolute Gasteiger partial charge is 0.407 e. The average Bonchev–Trinajstić information content (AvgIpc) is 3.18. The minimum Gasteiger partial charge on any atom is -0.496 e. The number of rotatable bonds is 7. The molecule has 0 bridgehead atoms. The first-order chi connectivity index (χ1) is 16.1. The largest absolute Gasteiger partial charge is 0.496 e. The quantitative estimate of drug-likeness (QED) is 0.518. The van der Waals surface area contributed by atoms with Crippen LogP contribution in [0.4, 0.5) is 4.79 Å². The summed E-state index contributed by atoms with van der Waals surface area (Å²) < 4.78 is 15.6. The van der Waals surface area contributed by atoms with E-state index < -0.39 is 12.1 Å². The normalized spacial score (nSPS) is 12.2. The molecule has 0 heterocycles. The maximum absolute atomic E-state index is 12.3. The molecule has 0 unspecified atom stereocenters. The van der Waals surface area contributed by atoms with Crippen molar-refractivity contribution in [1.82, 2.24) is 5.32 Å². The summed E-state index contributed by atoms with van der Waals surface area (Å²) in [6.45, 7) is 0.560. The van der Waals surface area contributed by atoms with Gasteiger partial charge in [-0.15, -0.1) is 0 Å². The second-order valence-electron chi connectivity index (χ2n) is 7.56. The van der Waals surface area contributed by atoms with Crippen LogP contribution in [0.2, 0.25) is 0 Å². The summed E-state index contributed by atoms with van der Waals surface area (Å²) in [6.07, 6.45) is 3.12. The first-order valence-corrected chi connectivity index (χ1v) is 10.6. The van der Waals surface area contributed by atoms with Gasteiger partial charge in [-0.25, -0.2) is 9.59 Å². The number of alkyl carbamates (subject to hydrolysis) is 1. The Labute approximate surface area is 192 Å².